The van der Waals surface area contributed by atoms with E-state index in [2.05, 4.69) is 8.13 Å². The van der Waals surface area contributed by atoms with Gasteiger partial charge < -0.3 is 10.1 Å². The fourth-order valence-corrected chi connectivity index (χ4v) is 8.31. The van der Waals surface area contributed by atoms with Gasteiger partial charge in [0.1, 0.15) is 12.4 Å². The Morgan fingerprint density at radius 1 is 0.911 bits per heavy atom. The van der Waals surface area contributed by atoms with Crippen molar-refractivity contribution in [2.45, 2.75) is 22.1 Å². The first-order chi connectivity index (χ1) is 20.8. The molecule has 12 nitrogen and oxygen atoms in total. The summed E-state index contributed by atoms with van der Waals surface area (Å²) in [6.45, 7) is -0.856. The molecular weight excluding hydrogens is 667 g/mol. The second-order valence-electron chi connectivity index (χ2n) is 8.81. The summed E-state index contributed by atoms with van der Waals surface area (Å²) in [7, 11) is -9.31. The molecule has 0 aromatic heterocycles. The molecule has 3 amide bonds. The number of nitro benzene ring substituents is 1. The van der Waals surface area contributed by atoms with Gasteiger partial charge in [-0.05, 0) is 54.6 Å². The van der Waals surface area contributed by atoms with Crippen molar-refractivity contribution in [3.05, 3.63) is 93.8 Å². The molecule has 1 saturated heterocycles. The number of hydrogen-bond donors (Lipinski definition) is 1. The number of nitro groups is 1. The number of benzene rings is 3. The van der Waals surface area contributed by atoms with Gasteiger partial charge >= 0.3 is 24.5 Å². The Hall–Kier alpha value is -4.79. The molecule has 1 fully saturated rings. The lowest BCUT2D eigenvalue weighted by molar-refractivity contribution is -0.384. The number of ether oxygens (including phenoxy) is 1. The van der Waals surface area contributed by atoms with Crippen molar-refractivity contribution in [1.82, 2.24) is 4.31 Å². The molecule has 1 heterocycles. The molecule has 0 saturated carbocycles. The van der Waals surface area contributed by atoms with Crippen LogP contribution in [0.2, 0.25) is 0 Å². The second-order valence-corrected chi connectivity index (χ2v) is 13.0. The largest absolute Gasteiger partial charge is 0.447 e. The van der Waals surface area contributed by atoms with Crippen molar-refractivity contribution < 1.29 is 58.4 Å². The fourth-order valence-electron chi connectivity index (χ4n) is 3.77. The topological polar surface area (TPSA) is 161 Å². The number of hydrogen-bond acceptors (Lipinski definition) is 7. The molecule has 1 unspecified atom stereocenters. The van der Waals surface area contributed by atoms with Gasteiger partial charge in [-0.25, -0.2) is 18.3 Å². The number of alkyl halides is 6. The maximum Gasteiger partial charge on any atom is 0.421 e. The molecule has 21 heteroatoms. The van der Waals surface area contributed by atoms with E-state index in [1.807, 2.05) is 0 Å². The fraction of sp³-hybridized carbons (Fsp3) is 0.167. The molecule has 0 bridgehead atoms. The zero-order valence-corrected chi connectivity index (χ0v) is 23.5. The minimum absolute atomic E-state index is 0.159. The Kier molecular flexibility index (Phi) is 8.79. The zero-order valence-electron chi connectivity index (χ0n) is 21.9. The van der Waals surface area contributed by atoms with E-state index in [0.29, 0.717) is 4.31 Å². The number of urea groups is 1. The summed E-state index contributed by atoms with van der Waals surface area (Å²) in [5, 5.41) is 12.7. The molecule has 1 aliphatic heterocycles. The van der Waals surface area contributed by atoms with Gasteiger partial charge in [0.05, 0.1) is 37.3 Å². The molecule has 4 rings (SSSR count). The molecule has 1 atom stereocenters. The Bertz CT molecular complexity index is 1870. The number of rotatable bonds is 6. The molecule has 3 aromatic rings. The zero-order chi connectivity index (χ0) is 33.4. The maximum absolute atomic E-state index is 13.9. The van der Waals surface area contributed by atoms with Gasteiger partial charge in [-0.3, -0.25) is 10.1 Å². The van der Waals surface area contributed by atoms with Crippen LogP contribution in [0.25, 0.3) is 0 Å². The summed E-state index contributed by atoms with van der Waals surface area (Å²) in [6, 6.07) is 4.88. The summed E-state index contributed by atoms with van der Waals surface area (Å²) >= 11 is 0. The molecule has 1 aliphatic rings. The average Bonchev–Trinajstić information content (AvgIpc) is 3.38. The summed E-state index contributed by atoms with van der Waals surface area (Å²) < 4.78 is 134. The second kappa shape index (κ2) is 12.0. The number of anilines is 1. The molecule has 1 N–H and O–H groups in total. The monoisotopic (exact) mass is 683 g/mol. The van der Waals surface area contributed by atoms with Crippen LogP contribution >= 0.6 is 0 Å². The van der Waals surface area contributed by atoms with Crippen molar-refractivity contribution >= 4 is 43.3 Å². The average molecular weight is 684 g/mol. The number of amides is 3. The lowest BCUT2D eigenvalue weighted by Gasteiger charge is -2.24. The van der Waals surface area contributed by atoms with Gasteiger partial charge in [-0.1, -0.05) is 0 Å². The Morgan fingerprint density at radius 3 is 1.91 bits per heavy atom. The predicted molar refractivity (Wildman–Crippen MR) is 141 cm³/mol. The molecule has 240 valence electrons. The van der Waals surface area contributed by atoms with Crippen molar-refractivity contribution in [3.8, 4) is 0 Å². The number of nitrogens with zero attached hydrogens (tertiary/aromatic N) is 4. The van der Waals surface area contributed by atoms with Gasteiger partial charge in [-0.2, -0.15) is 34.8 Å². The van der Waals surface area contributed by atoms with Crippen molar-refractivity contribution in [2.24, 2.45) is 8.13 Å². The Balaban J connectivity index is 1.99. The van der Waals surface area contributed by atoms with E-state index in [1.54, 1.807) is 5.32 Å². The number of carbonyl (C=O) groups excluding carboxylic acids is 2. The maximum atomic E-state index is 13.9. The molecule has 0 spiro atoms. The van der Waals surface area contributed by atoms with E-state index >= 15 is 0 Å². The van der Waals surface area contributed by atoms with Crippen LogP contribution in [0.4, 0.5) is 51.7 Å². The number of cyclic esters (lactones) is 1. The third-order valence-electron chi connectivity index (χ3n) is 5.76. The van der Waals surface area contributed by atoms with Gasteiger partial charge in [0.2, 0.25) is 0 Å². The quantitative estimate of drug-likeness (QED) is 0.173. The summed E-state index contributed by atoms with van der Waals surface area (Å²) in [4.78, 5) is 35.0. The minimum Gasteiger partial charge on any atom is -0.447 e. The molecule has 0 aliphatic carbocycles. The van der Waals surface area contributed by atoms with Crippen LogP contribution in [-0.2, 0) is 36.9 Å². The van der Waals surface area contributed by atoms with E-state index in [-0.39, 0.29) is 24.8 Å². The first-order valence-corrected chi connectivity index (χ1v) is 14.9. The molecule has 45 heavy (non-hydrogen) atoms. The van der Waals surface area contributed by atoms with Crippen LogP contribution < -0.4 is 5.32 Å². The SMILES string of the molecule is O=C(N=S(=NS(=O)(=O)c1ccc([N+](=O)[O-])cc1)(c1ccc(F)cc1)N1CCOC1=O)Nc1cc(C(F)(F)F)cc(C(F)(F)F)c1. The highest BCUT2D eigenvalue weighted by Crippen LogP contribution is 2.38. The van der Waals surface area contributed by atoms with Crippen LogP contribution in [0, 0.1) is 15.9 Å². The normalized spacial score (nSPS) is 15.2. The predicted octanol–water partition coefficient (Wildman–Crippen LogP) is 6.64. The van der Waals surface area contributed by atoms with Crippen molar-refractivity contribution in [1.29, 1.82) is 0 Å². The van der Waals surface area contributed by atoms with Crippen LogP contribution in [0.5, 0.6) is 0 Å². The number of halogens is 7. The molecule has 0 radical (unpaired) electrons. The highest BCUT2D eigenvalue weighted by atomic mass is 32.3. The first-order valence-electron chi connectivity index (χ1n) is 11.9. The number of carbonyl (C=O) groups is 2. The lowest BCUT2D eigenvalue weighted by atomic mass is 10.1. The van der Waals surface area contributed by atoms with Crippen molar-refractivity contribution in [2.75, 3.05) is 18.5 Å². The van der Waals surface area contributed by atoms with E-state index in [1.165, 1.54) is 0 Å². The number of sulfonamides is 1. The lowest BCUT2D eigenvalue weighted by Crippen LogP contribution is -2.33. The van der Waals surface area contributed by atoms with Crippen LogP contribution in [-0.4, -0.2) is 42.9 Å². The van der Waals surface area contributed by atoms with E-state index in [9.17, 15) is 58.9 Å². The van der Waals surface area contributed by atoms with Gasteiger partial charge in [0, 0.05) is 22.7 Å². The summed E-state index contributed by atoms with van der Waals surface area (Å²) in [5.74, 6) is -0.873. The van der Waals surface area contributed by atoms with E-state index < -0.39 is 93.9 Å². The summed E-state index contributed by atoms with van der Waals surface area (Å²) in [5.41, 5.74) is -5.16. The van der Waals surface area contributed by atoms with Crippen LogP contribution in [0.3, 0.4) is 0 Å². The van der Waals surface area contributed by atoms with Crippen LogP contribution in [0.15, 0.2) is 84.7 Å². The smallest absolute Gasteiger partial charge is 0.421 e. The van der Waals surface area contributed by atoms with Gasteiger partial charge in [-0.15, -0.1) is 8.13 Å². The third-order valence-corrected chi connectivity index (χ3v) is 10.5. The molecular formula is C24H16F7N5O7S2. The summed E-state index contributed by atoms with van der Waals surface area (Å²) in [6.07, 6.45) is -11.8. The standard InChI is InChI=1S/C24H16F7N5O7S2/c25-16-1-5-19(6-2-16)44(35-9-10-43-22(35)38,34-45(41,42)20-7-3-18(4-8-20)36(39)40)33-21(37)32-17-12-14(23(26,27)28)11-15(13-17)24(29,30)31/h1-8,11-13H,9-10H2,(H,32,37). The van der Waals surface area contributed by atoms with E-state index in [0.717, 1.165) is 48.5 Å². The number of nitrogens with one attached hydrogen (secondary N) is 1. The number of non-ortho nitro benzene ring substituents is 1. The van der Waals surface area contributed by atoms with Gasteiger partial charge in [0.15, 0.2) is 0 Å². The minimum atomic E-state index is -5.28. The Labute approximate surface area is 248 Å². The Morgan fingerprint density at radius 2 is 1.44 bits per heavy atom. The highest BCUT2D eigenvalue weighted by molar-refractivity contribution is 8.03. The first kappa shape index (κ1) is 33.1. The molecule has 3 aromatic carbocycles. The van der Waals surface area contributed by atoms with Gasteiger partial charge in [0.25, 0.3) is 15.7 Å². The van der Waals surface area contributed by atoms with Crippen LogP contribution in [0.1, 0.15) is 11.1 Å². The van der Waals surface area contributed by atoms with Crippen molar-refractivity contribution in [3.63, 3.8) is 0 Å². The highest BCUT2D eigenvalue weighted by Gasteiger charge is 2.38. The van der Waals surface area contributed by atoms with E-state index in [4.69, 9.17) is 4.74 Å². The third kappa shape index (κ3) is 7.30.